The van der Waals surface area contributed by atoms with Crippen molar-refractivity contribution in [2.45, 2.75) is 31.1 Å². The molecule has 3 aromatic rings. The van der Waals surface area contributed by atoms with E-state index in [9.17, 15) is 15.3 Å². The maximum atomic E-state index is 10.2. The first-order chi connectivity index (χ1) is 13.0. The Labute approximate surface area is 165 Å². The van der Waals surface area contributed by atoms with Gasteiger partial charge in [-0.2, -0.15) is 9.97 Å². The quantitative estimate of drug-likeness (QED) is 0.427. The van der Waals surface area contributed by atoms with Crippen molar-refractivity contribution in [2.75, 3.05) is 12.3 Å². The van der Waals surface area contributed by atoms with E-state index in [1.165, 1.54) is 22.2 Å². The lowest BCUT2D eigenvalue weighted by Crippen LogP contribution is -2.33. The molecule has 0 aliphatic carbocycles. The van der Waals surface area contributed by atoms with Crippen molar-refractivity contribution in [2.24, 2.45) is 0 Å². The van der Waals surface area contributed by atoms with Gasteiger partial charge in [-0.1, -0.05) is 0 Å². The molecule has 27 heavy (non-hydrogen) atoms. The standard InChI is InChI=1S/C15H16BrN5O5S/c16-6-1-7(27-4-6)3-25-13-9-12(19-15(17)20-13)21(5-18-9)14-11(24)10(23)8(2-22)26-14/h1,4-5,8,10-11,14,22-24H,2-3H2,(H2,17,19,20)/t8-,10-,11-,14-/m1/s1. The van der Waals surface area contributed by atoms with Gasteiger partial charge in [0.05, 0.1) is 12.9 Å². The van der Waals surface area contributed by atoms with Crippen molar-refractivity contribution in [3.05, 3.63) is 27.1 Å². The summed E-state index contributed by atoms with van der Waals surface area (Å²) in [5, 5.41) is 31.4. The maximum absolute atomic E-state index is 10.2. The van der Waals surface area contributed by atoms with E-state index in [1.807, 2.05) is 11.4 Å². The van der Waals surface area contributed by atoms with Gasteiger partial charge >= 0.3 is 0 Å². The highest BCUT2D eigenvalue weighted by Gasteiger charge is 2.44. The zero-order valence-electron chi connectivity index (χ0n) is 13.8. The van der Waals surface area contributed by atoms with Gasteiger partial charge in [0.25, 0.3) is 0 Å². The Balaban J connectivity index is 1.66. The fraction of sp³-hybridized carbons (Fsp3) is 0.400. The molecule has 5 N–H and O–H groups in total. The molecule has 3 aromatic heterocycles. The molecular formula is C15H16BrN5O5S. The molecule has 10 nitrogen and oxygen atoms in total. The van der Waals surface area contributed by atoms with E-state index in [1.54, 1.807) is 0 Å². The average Bonchev–Trinajstić information content (AvgIpc) is 3.32. The number of nitrogens with two attached hydrogens (primary N) is 1. The van der Waals surface area contributed by atoms with Crippen molar-refractivity contribution in [3.8, 4) is 5.88 Å². The Morgan fingerprint density at radius 2 is 2.15 bits per heavy atom. The van der Waals surface area contributed by atoms with Crippen LogP contribution in [0.4, 0.5) is 5.95 Å². The molecule has 1 aliphatic heterocycles. The van der Waals surface area contributed by atoms with Crippen LogP contribution in [-0.4, -0.2) is 59.8 Å². The molecule has 0 bridgehead atoms. The largest absolute Gasteiger partial charge is 0.470 e. The molecule has 4 heterocycles. The number of thiophene rings is 1. The van der Waals surface area contributed by atoms with Crippen LogP contribution in [0.1, 0.15) is 11.1 Å². The fourth-order valence-electron chi connectivity index (χ4n) is 2.87. The summed E-state index contributed by atoms with van der Waals surface area (Å²) < 4.78 is 13.7. The number of rotatable bonds is 5. The van der Waals surface area contributed by atoms with Crippen molar-refractivity contribution in [1.82, 2.24) is 19.5 Å². The number of aliphatic hydroxyl groups is 3. The Bertz CT molecular complexity index is 965. The summed E-state index contributed by atoms with van der Waals surface area (Å²) in [6.07, 6.45) is -2.98. The van der Waals surface area contributed by atoms with Crippen LogP contribution in [-0.2, 0) is 11.3 Å². The van der Waals surface area contributed by atoms with Gasteiger partial charge in [0.2, 0.25) is 11.8 Å². The molecule has 144 valence electrons. The summed E-state index contributed by atoms with van der Waals surface area (Å²) in [5.41, 5.74) is 6.44. The molecule has 12 heteroatoms. The molecule has 4 rings (SSSR count). The highest BCUT2D eigenvalue weighted by Crippen LogP contribution is 2.33. The average molecular weight is 458 g/mol. The number of aromatic nitrogens is 4. The summed E-state index contributed by atoms with van der Waals surface area (Å²) in [7, 11) is 0. The molecule has 1 aliphatic rings. The predicted octanol–water partition coefficient (Wildman–Crippen LogP) is 0.423. The second kappa shape index (κ2) is 7.30. The van der Waals surface area contributed by atoms with Gasteiger partial charge in [-0.05, 0) is 22.0 Å². The van der Waals surface area contributed by atoms with Crippen LogP contribution in [0, 0.1) is 0 Å². The van der Waals surface area contributed by atoms with Crippen molar-refractivity contribution < 1.29 is 24.8 Å². The number of imidazole rings is 1. The highest BCUT2D eigenvalue weighted by atomic mass is 79.9. The predicted molar refractivity (Wildman–Crippen MR) is 99.1 cm³/mol. The zero-order valence-corrected chi connectivity index (χ0v) is 16.2. The Kier molecular flexibility index (Phi) is 5.01. The number of nitrogen functional groups attached to an aromatic ring is 1. The van der Waals surface area contributed by atoms with Crippen molar-refractivity contribution in [3.63, 3.8) is 0 Å². The van der Waals surface area contributed by atoms with Crippen LogP contribution in [0.15, 0.2) is 22.2 Å². The van der Waals surface area contributed by atoms with E-state index in [-0.39, 0.29) is 18.4 Å². The number of nitrogens with zero attached hydrogens (tertiary/aromatic N) is 4. The monoisotopic (exact) mass is 457 g/mol. The van der Waals surface area contributed by atoms with E-state index < -0.39 is 31.1 Å². The van der Waals surface area contributed by atoms with Gasteiger partial charge in [-0.15, -0.1) is 11.3 Å². The third-order valence-electron chi connectivity index (χ3n) is 4.17. The molecule has 0 spiro atoms. The first kappa shape index (κ1) is 18.5. The molecular weight excluding hydrogens is 442 g/mol. The van der Waals surface area contributed by atoms with Gasteiger partial charge in [0.15, 0.2) is 17.4 Å². The highest BCUT2D eigenvalue weighted by molar-refractivity contribution is 9.10. The first-order valence-corrected chi connectivity index (χ1v) is 9.63. The summed E-state index contributed by atoms with van der Waals surface area (Å²) in [4.78, 5) is 13.5. The number of hydrogen-bond acceptors (Lipinski definition) is 10. The van der Waals surface area contributed by atoms with Gasteiger partial charge < -0.3 is 30.5 Å². The second-order valence-corrected chi connectivity index (χ2v) is 7.87. The Morgan fingerprint density at radius 3 is 2.81 bits per heavy atom. The van der Waals surface area contributed by atoms with Crippen LogP contribution in [0.3, 0.4) is 0 Å². The molecule has 0 saturated carbocycles. The minimum Gasteiger partial charge on any atom is -0.470 e. The third-order valence-corrected chi connectivity index (χ3v) is 5.84. The summed E-state index contributed by atoms with van der Waals surface area (Å²) in [6.45, 7) is -0.147. The van der Waals surface area contributed by atoms with E-state index in [0.717, 1.165) is 9.35 Å². The SMILES string of the molecule is Nc1nc(OCc2cc(Br)cs2)c2ncn([C@@H]3O[C@H](CO)[C@@H](O)[C@H]3O)c2n1. The Hall–Kier alpha value is -1.83. The molecule has 1 fully saturated rings. The topological polar surface area (TPSA) is 149 Å². The summed E-state index contributed by atoms with van der Waals surface area (Å²) >= 11 is 4.92. The van der Waals surface area contributed by atoms with Crippen LogP contribution >= 0.6 is 27.3 Å². The zero-order chi connectivity index (χ0) is 19.1. The lowest BCUT2D eigenvalue weighted by Gasteiger charge is -2.16. The van der Waals surface area contributed by atoms with Crippen LogP contribution in [0.5, 0.6) is 5.88 Å². The minimum atomic E-state index is -1.26. The number of aliphatic hydroxyl groups excluding tert-OH is 3. The van der Waals surface area contributed by atoms with E-state index in [4.69, 9.17) is 15.2 Å². The number of hydrogen-bond donors (Lipinski definition) is 4. The van der Waals surface area contributed by atoms with Crippen LogP contribution in [0.25, 0.3) is 11.2 Å². The molecule has 4 atom stereocenters. The molecule has 0 aromatic carbocycles. The molecule has 0 radical (unpaired) electrons. The molecule has 1 saturated heterocycles. The smallest absolute Gasteiger partial charge is 0.247 e. The summed E-state index contributed by atoms with van der Waals surface area (Å²) in [6, 6.07) is 1.93. The summed E-state index contributed by atoms with van der Waals surface area (Å²) in [5.74, 6) is 0.172. The van der Waals surface area contributed by atoms with Gasteiger partial charge in [-0.25, -0.2) is 4.98 Å². The van der Waals surface area contributed by atoms with Crippen molar-refractivity contribution >= 4 is 44.4 Å². The van der Waals surface area contributed by atoms with Gasteiger partial charge in [0.1, 0.15) is 24.9 Å². The molecule has 0 unspecified atom stereocenters. The van der Waals surface area contributed by atoms with Crippen molar-refractivity contribution in [1.29, 1.82) is 0 Å². The molecule has 0 amide bonds. The van der Waals surface area contributed by atoms with Crippen LogP contribution in [0.2, 0.25) is 0 Å². The number of anilines is 1. The number of fused-ring (bicyclic) bond motifs is 1. The van der Waals surface area contributed by atoms with E-state index in [0.29, 0.717) is 11.2 Å². The lowest BCUT2D eigenvalue weighted by molar-refractivity contribution is -0.0511. The normalized spacial score (nSPS) is 25.3. The van der Waals surface area contributed by atoms with Crippen LogP contribution < -0.4 is 10.5 Å². The van der Waals surface area contributed by atoms with Gasteiger partial charge in [-0.3, -0.25) is 4.57 Å². The first-order valence-electron chi connectivity index (χ1n) is 7.96. The maximum Gasteiger partial charge on any atom is 0.247 e. The minimum absolute atomic E-state index is 0.0293. The lowest BCUT2D eigenvalue weighted by atomic mass is 10.1. The Morgan fingerprint density at radius 1 is 1.33 bits per heavy atom. The van der Waals surface area contributed by atoms with Gasteiger partial charge in [0, 0.05) is 14.7 Å². The van der Waals surface area contributed by atoms with E-state index >= 15 is 0 Å². The fourth-order valence-corrected chi connectivity index (χ4v) is 4.23. The second-order valence-electron chi connectivity index (χ2n) is 5.96. The number of halogens is 1. The third kappa shape index (κ3) is 3.39. The van der Waals surface area contributed by atoms with E-state index in [2.05, 4.69) is 30.9 Å². The number of ether oxygens (including phenoxy) is 2.